The zero-order chi connectivity index (χ0) is 17.6. The Kier molecular flexibility index (Phi) is 16.5. The minimum Gasteiger partial charge on any atom is -0.790 e. The summed E-state index contributed by atoms with van der Waals surface area (Å²) in [5.41, 5.74) is -0.733. The van der Waals surface area contributed by atoms with Gasteiger partial charge in [0.25, 0.3) is 0 Å². The molecule has 2 atom stereocenters. The van der Waals surface area contributed by atoms with Crippen LogP contribution in [0.25, 0.3) is 0 Å². The van der Waals surface area contributed by atoms with E-state index in [4.69, 9.17) is 9.47 Å². The first kappa shape index (κ1) is 29.8. The molecule has 0 radical (unpaired) electrons. The van der Waals surface area contributed by atoms with Gasteiger partial charge in [0, 0.05) is 0 Å². The second kappa shape index (κ2) is 13.3. The number of hydrogen-bond donors (Lipinski definition) is 0. The van der Waals surface area contributed by atoms with Crippen molar-refractivity contribution in [2.24, 2.45) is 17.3 Å². The minimum absolute atomic E-state index is 0. The van der Waals surface area contributed by atoms with Crippen molar-refractivity contribution < 1.29 is 97.1 Å². The fourth-order valence-corrected chi connectivity index (χ4v) is 2.29. The van der Waals surface area contributed by atoms with Crippen LogP contribution >= 0.6 is 7.82 Å². The average Bonchev–Trinajstić information content (AvgIpc) is 2.39. The number of carbonyl (C=O) groups excluding carboxylic acids is 2. The van der Waals surface area contributed by atoms with Gasteiger partial charge in [0.15, 0.2) is 0 Å². The van der Waals surface area contributed by atoms with Gasteiger partial charge in [-0.05, 0) is 26.2 Å². The summed E-state index contributed by atoms with van der Waals surface area (Å²) in [6.45, 7) is 6.06. The van der Waals surface area contributed by atoms with E-state index in [-0.39, 0.29) is 77.6 Å². The van der Waals surface area contributed by atoms with Gasteiger partial charge in [-0.3, -0.25) is 9.59 Å². The molecule has 0 aliphatic heterocycles. The number of carbonyl (C=O) groups is 2. The second-order valence-corrected chi connectivity index (χ2v) is 6.95. The van der Waals surface area contributed by atoms with Crippen LogP contribution in [0.3, 0.4) is 0 Å². The molecule has 0 aromatic heterocycles. The van der Waals surface area contributed by atoms with Gasteiger partial charge >= 0.3 is 71.1 Å². The van der Waals surface area contributed by atoms with Crippen molar-refractivity contribution in [2.75, 3.05) is 20.3 Å². The number of rotatable bonds is 9. The Bertz CT molecular complexity index is 438. The third-order valence-corrected chi connectivity index (χ3v) is 3.87. The summed E-state index contributed by atoms with van der Waals surface area (Å²) < 4.78 is 23.7. The zero-order valence-electron chi connectivity index (χ0n) is 15.5. The van der Waals surface area contributed by atoms with Crippen molar-refractivity contribution in [2.45, 2.75) is 34.1 Å². The normalized spacial score (nSPS) is 13.8. The summed E-state index contributed by atoms with van der Waals surface area (Å²) in [5.74, 6) is -1.58. The van der Waals surface area contributed by atoms with Crippen LogP contribution < -0.4 is 68.9 Å². The van der Waals surface area contributed by atoms with Crippen LogP contribution in [-0.4, -0.2) is 32.3 Å². The van der Waals surface area contributed by atoms with Crippen molar-refractivity contribution in [3.63, 3.8) is 0 Å². The SMILES string of the molecule is COC(=O)C(C)(C)CC(C)C(C)C(=O)OCCOP(=O)([O-])[O-].[Na+].[Na+]. The van der Waals surface area contributed by atoms with Crippen LogP contribution in [0.15, 0.2) is 0 Å². The van der Waals surface area contributed by atoms with Gasteiger partial charge in [-0.25, -0.2) is 0 Å². The third-order valence-electron chi connectivity index (χ3n) is 3.37. The van der Waals surface area contributed by atoms with Gasteiger partial charge in [0.05, 0.1) is 32.9 Å². The molecule has 0 rings (SSSR count). The Morgan fingerprint density at radius 3 is 2.04 bits per heavy atom. The minimum atomic E-state index is -5.05. The molecule has 0 heterocycles. The topological polar surface area (TPSA) is 125 Å². The Labute approximate surface area is 187 Å². The first-order valence-corrected chi connectivity index (χ1v) is 8.28. The second-order valence-electron chi connectivity index (χ2n) is 5.79. The van der Waals surface area contributed by atoms with E-state index in [2.05, 4.69) is 4.52 Å². The molecule has 0 aliphatic rings. The number of hydrogen-bond acceptors (Lipinski definition) is 8. The molecule has 0 amide bonds. The number of methoxy groups -OCH3 is 1. The molecule has 0 N–H and O–H groups in total. The Balaban J connectivity index is -0.00000220. The maximum Gasteiger partial charge on any atom is 1.00 e. The summed E-state index contributed by atoms with van der Waals surface area (Å²) in [4.78, 5) is 43.9. The van der Waals surface area contributed by atoms with E-state index in [1.165, 1.54) is 7.11 Å². The molecule has 0 saturated heterocycles. The first-order chi connectivity index (χ1) is 9.90. The fourth-order valence-electron chi connectivity index (χ4n) is 2.00. The van der Waals surface area contributed by atoms with Crippen molar-refractivity contribution in [1.82, 2.24) is 0 Å². The molecule has 0 fully saturated rings. The van der Waals surface area contributed by atoms with Crippen molar-refractivity contribution >= 4 is 19.8 Å². The number of ether oxygens (including phenoxy) is 2. The molecule has 0 bridgehead atoms. The summed E-state index contributed by atoms with van der Waals surface area (Å²) in [5, 5.41) is 0. The molecule has 0 aliphatic carbocycles. The van der Waals surface area contributed by atoms with E-state index in [1.54, 1.807) is 27.7 Å². The predicted octanol–water partition coefficient (Wildman–Crippen LogP) is -5.76. The van der Waals surface area contributed by atoms with E-state index >= 15 is 0 Å². The van der Waals surface area contributed by atoms with Crippen LogP contribution in [-0.2, 0) is 28.2 Å². The van der Waals surface area contributed by atoms with E-state index < -0.39 is 31.7 Å². The van der Waals surface area contributed by atoms with Crippen molar-refractivity contribution in [3.8, 4) is 0 Å². The van der Waals surface area contributed by atoms with E-state index in [9.17, 15) is 23.9 Å². The van der Waals surface area contributed by atoms with Crippen LogP contribution in [0.2, 0.25) is 0 Å². The molecule has 130 valence electrons. The molecular formula is C13H23Na2O8P. The molecule has 0 aromatic rings. The molecule has 11 heteroatoms. The number of esters is 2. The maximum absolute atomic E-state index is 11.8. The average molecular weight is 384 g/mol. The molecule has 8 nitrogen and oxygen atoms in total. The Morgan fingerprint density at radius 1 is 1.12 bits per heavy atom. The van der Waals surface area contributed by atoms with Crippen LogP contribution in [0.4, 0.5) is 0 Å². The largest absolute Gasteiger partial charge is 1.00 e. The van der Waals surface area contributed by atoms with Gasteiger partial charge < -0.3 is 28.3 Å². The molecule has 24 heavy (non-hydrogen) atoms. The summed E-state index contributed by atoms with van der Waals surface area (Å²) in [6.07, 6.45) is 0.419. The fraction of sp³-hybridized carbons (Fsp3) is 0.846. The monoisotopic (exact) mass is 384 g/mol. The predicted molar refractivity (Wildman–Crippen MR) is 73.3 cm³/mol. The zero-order valence-corrected chi connectivity index (χ0v) is 20.4. The van der Waals surface area contributed by atoms with E-state index in [0.29, 0.717) is 6.42 Å². The summed E-state index contributed by atoms with van der Waals surface area (Å²) in [7, 11) is -3.75. The quantitative estimate of drug-likeness (QED) is 0.167. The van der Waals surface area contributed by atoms with E-state index in [1.807, 2.05) is 0 Å². The van der Waals surface area contributed by atoms with Gasteiger partial charge in [-0.15, -0.1) is 0 Å². The van der Waals surface area contributed by atoms with E-state index in [0.717, 1.165) is 0 Å². The van der Waals surface area contributed by atoms with Gasteiger partial charge in [-0.2, -0.15) is 0 Å². The molecule has 0 spiro atoms. The van der Waals surface area contributed by atoms with Gasteiger partial charge in [0.2, 0.25) is 0 Å². The number of phosphoric acid groups is 1. The summed E-state index contributed by atoms with van der Waals surface area (Å²) in [6, 6.07) is 0. The van der Waals surface area contributed by atoms with Crippen LogP contribution in [0.5, 0.6) is 0 Å². The number of phosphoric ester groups is 1. The molecule has 0 saturated carbocycles. The maximum atomic E-state index is 11.8. The van der Waals surface area contributed by atoms with Crippen LogP contribution in [0, 0.1) is 17.3 Å². The standard InChI is InChI=1S/C13H25O8P.2Na/c1-9(8-13(3,4)12(15)19-5)10(2)11(14)20-6-7-21-22(16,17)18;;/h9-10H,6-8H2,1-5H3,(H2,16,17,18);;/q;2*+1/p-2. The van der Waals surface area contributed by atoms with Gasteiger partial charge in [0.1, 0.15) is 6.61 Å². The molecular weight excluding hydrogens is 361 g/mol. The molecule has 2 unspecified atom stereocenters. The Morgan fingerprint density at radius 2 is 1.62 bits per heavy atom. The van der Waals surface area contributed by atoms with Crippen LogP contribution in [0.1, 0.15) is 34.1 Å². The molecule has 0 aromatic carbocycles. The third kappa shape index (κ3) is 12.4. The van der Waals surface area contributed by atoms with Crippen molar-refractivity contribution in [1.29, 1.82) is 0 Å². The van der Waals surface area contributed by atoms with Crippen molar-refractivity contribution in [3.05, 3.63) is 0 Å². The van der Waals surface area contributed by atoms with Gasteiger partial charge in [-0.1, -0.05) is 13.8 Å². The Hall–Kier alpha value is 1.05. The first-order valence-electron chi connectivity index (χ1n) is 6.82. The smallest absolute Gasteiger partial charge is 0.790 e. The summed E-state index contributed by atoms with van der Waals surface area (Å²) >= 11 is 0.